The van der Waals surface area contributed by atoms with E-state index in [-0.39, 0.29) is 18.2 Å². The Kier molecular flexibility index (Phi) is 8.45. The van der Waals surface area contributed by atoms with Crippen LogP contribution in [0.4, 0.5) is 0 Å². The predicted molar refractivity (Wildman–Crippen MR) is 129 cm³/mol. The number of ether oxygens (including phenoxy) is 1. The van der Waals surface area contributed by atoms with Gasteiger partial charge in [-0.3, -0.25) is 9.59 Å². The van der Waals surface area contributed by atoms with Gasteiger partial charge in [0.2, 0.25) is 11.8 Å². The Morgan fingerprint density at radius 1 is 0.906 bits per heavy atom. The Morgan fingerprint density at radius 3 is 2.12 bits per heavy atom. The molecular weight excluding hydrogens is 468 g/mol. The summed E-state index contributed by atoms with van der Waals surface area (Å²) in [6, 6.07) is 24.4. The fourth-order valence-electron chi connectivity index (χ4n) is 3.53. The van der Waals surface area contributed by atoms with Crippen LogP contribution in [0, 0.1) is 0 Å². The molecule has 6 heteroatoms. The lowest BCUT2D eigenvalue weighted by molar-refractivity contribution is -0.140. The van der Waals surface area contributed by atoms with E-state index < -0.39 is 6.04 Å². The van der Waals surface area contributed by atoms with E-state index in [4.69, 9.17) is 4.74 Å². The third-order valence-corrected chi connectivity index (χ3v) is 5.83. The van der Waals surface area contributed by atoms with Crippen LogP contribution < -0.4 is 10.1 Å². The summed E-state index contributed by atoms with van der Waals surface area (Å²) in [4.78, 5) is 28.1. The van der Waals surface area contributed by atoms with Crippen LogP contribution in [0.3, 0.4) is 0 Å². The zero-order valence-corrected chi connectivity index (χ0v) is 19.8. The van der Waals surface area contributed by atoms with Crippen molar-refractivity contribution in [2.45, 2.75) is 25.4 Å². The van der Waals surface area contributed by atoms with Crippen molar-refractivity contribution in [2.75, 3.05) is 14.2 Å². The summed E-state index contributed by atoms with van der Waals surface area (Å²) in [6.45, 7) is 0.340. The van der Waals surface area contributed by atoms with Crippen molar-refractivity contribution >= 4 is 27.7 Å². The van der Waals surface area contributed by atoms with Gasteiger partial charge in [0.15, 0.2) is 0 Å². The van der Waals surface area contributed by atoms with Crippen LogP contribution >= 0.6 is 15.9 Å². The number of methoxy groups -OCH3 is 1. The molecule has 0 spiro atoms. The zero-order chi connectivity index (χ0) is 22.9. The molecule has 0 fully saturated rings. The van der Waals surface area contributed by atoms with Gasteiger partial charge in [0.25, 0.3) is 0 Å². The van der Waals surface area contributed by atoms with Crippen molar-refractivity contribution < 1.29 is 14.3 Å². The number of nitrogens with zero attached hydrogens (tertiary/aromatic N) is 1. The van der Waals surface area contributed by atoms with Crippen molar-refractivity contribution in [3.05, 3.63) is 100 Å². The fraction of sp³-hybridized carbons (Fsp3) is 0.231. The van der Waals surface area contributed by atoms with Crippen molar-refractivity contribution in [2.24, 2.45) is 0 Å². The molecule has 0 bridgehead atoms. The van der Waals surface area contributed by atoms with Gasteiger partial charge in [0.1, 0.15) is 11.8 Å². The molecule has 0 heterocycles. The first-order valence-electron chi connectivity index (χ1n) is 10.4. The highest BCUT2D eigenvalue weighted by Crippen LogP contribution is 2.19. The van der Waals surface area contributed by atoms with Gasteiger partial charge in [-0.2, -0.15) is 0 Å². The van der Waals surface area contributed by atoms with E-state index in [2.05, 4.69) is 21.2 Å². The molecule has 166 valence electrons. The minimum absolute atomic E-state index is 0.109. The number of nitrogens with one attached hydrogen (secondary N) is 1. The largest absolute Gasteiger partial charge is 0.497 e. The molecule has 3 rings (SSSR count). The summed E-state index contributed by atoms with van der Waals surface area (Å²) >= 11 is 3.45. The molecule has 3 aromatic rings. The Bertz CT molecular complexity index is 1020. The smallest absolute Gasteiger partial charge is 0.242 e. The molecule has 0 aromatic heterocycles. The molecule has 0 aliphatic heterocycles. The molecular formula is C26H27BrN2O3. The van der Waals surface area contributed by atoms with Crippen LogP contribution in [-0.4, -0.2) is 36.9 Å². The number of hydrogen-bond acceptors (Lipinski definition) is 3. The van der Waals surface area contributed by atoms with Gasteiger partial charge in [0, 0.05) is 24.5 Å². The van der Waals surface area contributed by atoms with Crippen LogP contribution in [0.15, 0.2) is 83.3 Å². The van der Waals surface area contributed by atoms with Gasteiger partial charge >= 0.3 is 0 Å². The second-order valence-electron chi connectivity index (χ2n) is 7.49. The molecule has 0 radical (unpaired) electrons. The summed E-state index contributed by atoms with van der Waals surface area (Å²) < 4.78 is 6.17. The average Bonchev–Trinajstić information content (AvgIpc) is 2.83. The van der Waals surface area contributed by atoms with Crippen molar-refractivity contribution in [3.8, 4) is 5.75 Å². The highest BCUT2D eigenvalue weighted by atomic mass is 79.9. The monoisotopic (exact) mass is 494 g/mol. The summed E-state index contributed by atoms with van der Waals surface area (Å²) in [6.07, 6.45) is 0.633. The highest BCUT2D eigenvalue weighted by molar-refractivity contribution is 9.10. The van der Waals surface area contributed by atoms with Crippen molar-refractivity contribution in [1.82, 2.24) is 10.2 Å². The number of halogens is 1. The van der Waals surface area contributed by atoms with Gasteiger partial charge in [0.05, 0.1) is 13.5 Å². The lowest BCUT2D eigenvalue weighted by Gasteiger charge is -2.31. The van der Waals surface area contributed by atoms with E-state index in [1.165, 1.54) is 0 Å². The molecule has 5 nitrogen and oxygen atoms in total. The van der Waals surface area contributed by atoms with E-state index in [0.29, 0.717) is 13.0 Å². The van der Waals surface area contributed by atoms with Gasteiger partial charge in [-0.1, -0.05) is 70.5 Å². The highest BCUT2D eigenvalue weighted by Gasteiger charge is 2.29. The van der Waals surface area contributed by atoms with Crippen LogP contribution in [0.1, 0.15) is 16.7 Å². The molecule has 0 saturated carbocycles. The summed E-state index contributed by atoms with van der Waals surface area (Å²) in [5.74, 6) is 0.442. The van der Waals surface area contributed by atoms with Crippen molar-refractivity contribution in [1.29, 1.82) is 0 Å². The van der Waals surface area contributed by atoms with Crippen molar-refractivity contribution in [3.63, 3.8) is 0 Å². The SMILES string of the molecule is CNC(=O)[C@@H](Cc1ccccc1)N(Cc1ccc(Br)cc1)C(=O)Cc1ccc(OC)cc1. The maximum Gasteiger partial charge on any atom is 0.242 e. The average molecular weight is 495 g/mol. The molecule has 1 N–H and O–H groups in total. The first-order valence-corrected chi connectivity index (χ1v) is 11.2. The Morgan fingerprint density at radius 2 is 1.53 bits per heavy atom. The Balaban J connectivity index is 1.91. The van der Waals surface area contributed by atoms with Crippen LogP contribution in [0.2, 0.25) is 0 Å². The van der Waals surface area contributed by atoms with E-state index in [0.717, 1.165) is 26.9 Å². The number of carbonyl (C=O) groups is 2. The molecule has 1 atom stereocenters. The first-order chi connectivity index (χ1) is 15.5. The standard InChI is InChI=1S/C26H27BrN2O3/c1-28-26(31)24(16-19-6-4-3-5-7-19)29(18-21-8-12-22(27)13-9-21)25(30)17-20-10-14-23(32-2)15-11-20/h3-15,24H,16-18H2,1-2H3,(H,28,31)/t24-/m1/s1. The molecule has 0 unspecified atom stereocenters. The molecule has 32 heavy (non-hydrogen) atoms. The molecule has 0 aliphatic carbocycles. The minimum atomic E-state index is -0.628. The maximum atomic E-state index is 13.5. The number of amides is 2. The van der Waals surface area contributed by atoms with Crippen LogP contribution in [-0.2, 0) is 29.0 Å². The van der Waals surface area contributed by atoms with E-state index in [1.807, 2.05) is 78.9 Å². The minimum Gasteiger partial charge on any atom is -0.497 e. The lowest BCUT2D eigenvalue weighted by atomic mass is 10.0. The Hall–Kier alpha value is -3.12. The van der Waals surface area contributed by atoms with Gasteiger partial charge in [-0.25, -0.2) is 0 Å². The zero-order valence-electron chi connectivity index (χ0n) is 18.3. The second-order valence-corrected chi connectivity index (χ2v) is 8.41. The number of rotatable bonds is 9. The third-order valence-electron chi connectivity index (χ3n) is 5.30. The molecule has 3 aromatic carbocycles. The molecule has 2 amide bonds. The molecule has 0 saturated heterocycles. The third kappa shape index (κ3) is 6.44. The summed E-state index contributed by atoms with van der Waals surface area (Å²) in [5.41, 5.74) is 2.82. The topological polar surface area (TPSA) is 58.6 Å². The number of carbonyl (C=O) groups excluding carboxylic acids is 2. The summed E-state index contributed by atoms with van der Waals surface area (Å²) in [7, 11) is 3.21. The molecule has 0 aliphatic rings. The van der Waals surface area contributed by atoms with Gasteiger partial charge in [-0.15, -0.1) is 0 Å². The van der Waals surface area contributed by atoms with E-state index >= 15 is 0 Å². The van der Waals surface area contributed by atoms with Crippen LogP contribution in [0.25, 0.3) is 0 Å². The maximum absolute atomic E-state index is 13.5. The first kappa shape index (κ1) is 23.5. The second kappa shape index (κ2) is 11.5. The predicted octanol–water partition coefficient (Wildman–Crippen LogP) is 4.39. The number of benzene rings is 3. The number of likely N-dealkylation sites (N-methyl/N-ethyl adjacent to an activating group) is 1. The Labute approximate surface area is 197 Å². The van der Waals surface area contributed by atoms with Gasteiger partial charge < -0.3 is 15.0 Å². The fourth-order valence-corrected chi connectivity index (χ4v) is 3.79. The van der Waals surface area contributed by atoms with Gasteiger partial charge in [-0.05, 0) is 41.0 Å². The normalized spacial score (nSPS) is 11.5. The quantitative estimate of drug-likeness (QED) is 0.479. The van der Waals surface area contributed by atoms with E-state index in [1.54, 1.807) is 19.1 Å². The van der Waals surface area contributed by atoms with Crippen LogP contribution in [0.5, 0.6) is 5.75 Å². The lowest BCUT2D eigenvalue weighted by Crippen LogP contribution is -2.50. The summed E-state index contributed by atoms with van der Waals surface area (Å²) in [5, 5.41) is 2.74. The number of hydrogen-bond donors (Lipinski definition) is 1. The van der Waals surface area contributed by atoms with E-state index in [9.17, 15) is 9.59 Å².